The molecule has 2 amide bonds. The molecule has 0 bridgehead atoms. The molecule has 3 aliphatic rings. The SMILES string of the molecule is CCN1CCN(c2cc3c(cc2OC)CCN3C2=C(c3cccc(F)c3)C(=O)NC2=O)CC1. The van der Waals surface area contributed by atoms with Crippen LogP contribution in [0.4, 0.5) is 15.8 Å². The van der Waals surface area contributed by atoms with E-state index >= 15 is 0 Å². The molecule has 1 N–H and O–H groups in total. The quantitative estimate of drug-likeness (QED) is 0.706. The molecule has 1 fully saturated rings. The molecule has 2 aromatic carbocycles. The number of nitrogens with one attached hydrogen (secondary N) is 1. The number of likely N-dealkylation sites (N-methyl/N-ethyl adjacent to an activating group) is 1. The number of amides is 2. The third-order valence-electron chi connectivity index (χ3n) is 6.73. The van der Waals surface area contributed by atoms with Crippen molar-refractivity contribution >= 4 is 28.8 Å². The molecule has 33 heavy (non-hydrogen) atoms. The first-order valence-corrected chi connectivity index (χ1v) is 11.3. The van der Waals surface area contributed by atoms with E-state index in [-0.39, 0.29) is 11.3 Å². The Kier molecular flexibility index (Phi) is 5.54. The average Bonchev–Trinajstić information content (AvgIpc) is 3.36. The van der Waals surface area contributed by atoms with Crippen LogP contribution in [0.1, 0.15) is 18.1 Å². The summed E-state index contributed by atoms with van der Waals surface area (Å²) < 4.78 is 19.6. The molecule has 0 saturated carbocycles. The van der Waals surface area contributed by atoms with Crippen LogP contribution < -0.4 is 19.9 Å². The van der Waals surface area contributed by atoms with Crippen molar-refractivity contribution < 1.29 is 18.7 Å². The topological polar surface area (TPSA) is 65.1 Å². The Labute approximate surface area is 192 Å². The lowest BCUT2D eigenvalue weighted by Crippen LogP contribution is -2.46. The number of carbonyl (C=O) groups is 2. The summed E-state index contributed by atoms with van der Waals surface area (Å²) in [5, 5.41) is 2.40. The van der Waals surface area contributed by atoms with Gasteiger partial charge in [0.25, 0.3) is 11.8 Å². The van der Waals surface area contributed by atoms with E-state index in [2.05, 4.69) is 28.1 Å². The van der Waals surface area contributed by atoms with Gasteiger partial charge in [0.2, 0.25) is 0 Å². The van der Waals surface area contributed by atoms with Gasteiger partial charge in [0.1, 0.15) is 17.3 Å². The van der Waals surface area contributed by atoms with E-state index < -0.39 is 17.6 Å². The number of anilines is 2. The van der Waals surface area contributed by atoms with E-state index in [0.717, 1.165) is 61.8 Å². The fourth-order valence-corrected chi connectivity index (χ4v) is 4.97. The van der Waals surface area contributed by atoms with Gasteiger partial charge >= 0.3 is 0 Å². The summed E-state index contributed by atoms with van der Waals surface area (Å²) in [6, 6.07) is 9.91. The van der Waals surface area contributed by atoms with Crippen LogP contribution in [0.2, 0.25) is 0 Å². The Morgan fingerprint density at radius 2 is 1.79 bits per heavy atom. The fourth-order valence-electron chi connectivity index (χ4n) is 4.97. The molecule has 0 aliphatic carbocycles. The standard InChI is InChI=1S/C25H27FN4O3/c1-3-28-9-11-29(12-10-28)20-15-19-16(14-21(20)33-2)7-8-30(19)23-22(24(31)27-25(23)32)17-5-4-6-18(26)13-17/h4-6,13-15H,3,7-12H2,1-2H3,(H,27,31,32). The minimum absolute atomic E-state index is 0.210. The maximum absolute atomic E-state index is 13.9. The van der Waals surface area contributed by atoms with Crippen molar-refractivity contribution in [2.45, 2.75) is 13.3 Å². The number of hydrogen-bond donors (Lipinski definition) is 1. The maximum atomic E-state index is 13.9. The van der Waals surface area contributed by atoms with Crippen LogP contribution >= 0.6 is 0 Å². The molecule has 0 radical (unpaired) electrons. The van der Waals surface area contributed by atoms with Gasteiger partial charge in [-0.2, -0.15) is 0 Å². The number of rotatable bonds is 5. The molecule has 5 rings (SSSR count). The Hall–Kier alpha value is -3.39. The van der Waals surface area contributed by atoms with E-state index in [0.29, 0.717) is 12.1 Å². The Balaban J connectivity index is 1.57. The van der Waals surface area contributed by atoms with E-state index in [9.17, 15) is 14.0 Å². The number of benzene rings is 2. The van der Waals surface area contributed by atoms with Crippen molar-refractivity contribution in [3.63, 3.8) is 0 Å². The lowest BCUT2D eigenvalue weighted by atomic mass is 10.0. The third-order valence-corrected chi connectivity index (χ3v) is 6.73. The van der Waals surface area contributed by atoms with E-state index in [1.807, 2.05) is 11.0 Å². The number of ether oxygens (including phenoxy) is 1. The molecular weight excluding hydrogens is 423 g/mol. The summed E-state index contributed by atoms with van der Waals surface area (Å²) in [4.78, 5) is 32.1. The van der Waals surface area contributed by atoms with Gasteiger partial charge < -0.3 is 19.4 Å². The number of nitrogens with zero attached hydrogens (tertiary/aromatic N) is 3. The number of carbonyl (C=O) groups excluding carboxylic acids is 2. The van der Waals surface area contributed by atoms with Crippen LogP contribution in [0.25, 0.3) is 5.57 Å². The summed E-state index contributed by atoms with van der Waals surface area (Å²) in [6.07, 6.45) is 0.719. The first kappa shape index (κ1) is 21.5. The largest absolute Gasteiger partial charge is 0.495 e. The van der Waals surface area contributed by atoms with Gasteiger partial charge in [-0.15, -0.1) is 0 Å². The highest BCUT2D eigenvalue weighted by Gasteiger charge is 2.38. The summed E-state index contributed by atoms with van der Waals surface area (Å²) in [5.41, 5.74) is 3.80. The number of halogens is 1. The second kappa shape index (κ2) is 8.51. The molecule has 7 nitrogen and oxygen atoms in total. The molecule has 8 heteroatoms. The van der Waals surface area contributed by atoms with Crippen molar-refractivity contribution in [3.8, 4) is 5.75 Å². The van der Waals surface area contributed by atoms with Crippen molar-refractivity contribution in [2.75, 3.05) is 56.2 Å². The number of imide groups is 1. The van der Waals surface area contributed by atoms with Crippen molar-refractivity contribution in [3.05, 3.63) is 59.0 Å². The molecule has 0 unspecified atom stereocenters. The number of hydrogen-bond acceptors (Lipinski definition) is 6. The lowest BCUT2D eigenvalue weighted by molar-refractivity contribution is -0.123. The minimum Gasteiger partial charge on any atom is -0.495 e. The number of methoxy groups -OCH3 is 1. The van der Waals surface area contributed by atoms with Crippen LogP contribution in [-0.4, -0.2) is 63.1 Å². The predicted octanol–water partition coefficient (Wildman–Crippen LogP) is 2.41. The average molecular weight is 451 g/mol. The minimum atomic E-state index is -0.501. The van der Waals surface area contributed by atoms with E-state index in [4.69, 9.17) is 4.74 Å². The van der Waals surface area contributed by atoms with Gasteiger partial charge in [-0.3, -0.25) is 14.9 Å². The highest BCUT2D eigenvalue weighted by atomic mass is 19.1. The van der Waals surface area contributed by atoms with Crippen LogP contribution in [0.3, 0.4) is 0 Å². The van der Waals surface area contributed by atoms with Crippen molar-refractivity contribution in [1.29, 1.82) is 0 Å². The molecule has 2 aromatic rings. The zero-order valence-electron chi connectivity index (χ0n) is 18.9. The van der Waals surface area contributed by atoms with Crippen LogP contribution in [0.15, 0.2) is 42.1 Å². The molecule has 0 atom stereocenters. The maximum Gasteiger partial charge on any atom is 0.275 e. The van der Waals surface area contributed by atoms with E-state index in [1.165, 1.54) is 12.1 Å². The van der Waals surface area contributed by atoms with Gasteiger partial charge in [0.15, 0.2) is 0 Å². The monoisotopic (exact) mass is 450 g/mol. The second-order valence-corrected chi connectivity index (χ2v) is 8.49. The van der Waals surface area contributed by atoms with Crippen LogP contribution in [0, 0.1) is 5.82 Å². The second-order valence-electron chi connectivity index (χ2n) is 8.49. The number of piperazine rings is 1. The fraction of sp³-hybridized carbons (Fsp3) is 0.360. The Morgan fingerprint density at radius 1 is 1.00 bits per heavy atom. The summed E-state index contributed by atoms with van der Waals surface area (Å²) in [7, 11) is 1.67. The summed E-state index contributed by atoms with van der Waals surface area (Å²) in [6.45, 7) is 7.49. The summed E-state index contributed by atoms with van der Waals surface area (Å²) >= 11 is 0. The normalized spacial score (nSPS) is 18.8. The molecule has 0 aromatic heterocycles. The molecular formula is C25H27FN4O3. The van der Waals surface area contributed by atoms with Gasteiger partial charge in [-0.25, -0.2) is 4.39 Å². The Bertz CT molecular complexity index is 1150. The predicted molar refractivity (Wildman–Crippen MR) is 125 cm³/mol. The zero-order valence-corrected chi connectivity index (χ0v) is 18.9. The van der Waals surface area contributed by atoms with E-state index in [1.54, 1.807) is 19.2 Å². The third kappa shape index (κ3) is 3.74. The molecule has 1 saturated heterocycles. The van der Waals surface area contributed by atoms with Gasteiger partial charge in [0, 0.05) is 38.4 Å². The first-order chi connectivity index (χ1) is 16.0. The van der Waals surface area contributed by atoms with Crippen molar-refractivity contribution in [2.24, 2.45) is 0 Å². The van der Waals surface area contributed by atoms with Gasteiger partial charge in [-0.1, -0.05) is 19.1 Å². The molecule has 172 valence electrons. The smallest absolute Gasteiger partial charge is 0.275 e. The summed E-state index contributed by atoms with van der Waals surface area (Å²) in [5.74, 6) is -0.599. The first-order valence-electron chi connectivity index (χ1n) is 11.3. The number of fused-ring (bicyclic) bond motifs is 1. The molecule has 3 aliphatic heterocycles. The van der Waals surface area contributed by atoms with Crippen LogP contribution in [-0.2, 0) is 16.0 Å². The Morgan fingerprint density at radius 3 is 2.48 bits per heavy atom. The van der Waals surface area contributed by atoms with Crippen LogP contribution in [0.5, 0.6) is 5.75 Å². The van der Waals surface area contributed by atoms with Gasteiger partial charge in [-0.05, 0) is 48.4 Å². The van der Waals surface area contributed by atoms with Gasteiger partial charge in [0.05, 0.1) is 18.4 Å². The highest BCUT2D eigenvalue weighted by Crippen LogP contribution is 2.42. The van der Waals surface area contributed by atoms with Crippen molar-refractivity contribution in [1.82, 2.24) is 10.2 Å². The molecule has 0 spiro atoms. The lowest BCUT2D eigenvalue weighted by Gasteiger charge is -2.36. The molecule has 3 heterocycles. The highest BCUT2D eigenvalue weighted by molar-refractivity contribution is 6.37. The zero-order chi connectivity index (χ0) is 23.1.